The number of aromatic nitrogens is 1. The molecule has 0 bridgehead atoms. The Bertz CT molecular complexity index is 886. The van der Waals surface area contributed by atoms with Gasteiger partial charge in [-0.05, 0) is 18.2 Å². The second-order valence-corrected chi connectivity index (χ2v) is 7.84. The van der Waals surface area contributed by atoms with Crippen LogP contribution in [0.25, 0.3) is 10.2 Å². The zero-order valence-electron chi connectivity index (χ0n) is 13.8. The first-order valence-corrected chi connectivity index (χ1v) is 9.29. The van der Waals surface area contributed by atoms with E-state index in [1.165, 1.54) is 28.4 Å². The fraction of sp³-hybridized carbons (Fsp3) is 0.250. The first kappa shape index (κ1) is 17.5. The highest BCUT2D eigenvalue weighted by Crippen LogP contribution is 2.31. The van der Waals surface area contributed by atoms with Crippen molar-refractivity contribution < 1.29 is 14.6 Å². The highest BCUT2D eigenvalue weighted by molar-refractivity contribution is 7.22. The first-order valence-electron chi connectivity index (χ1n) is 7.66. The van der Waals surface area contributed by atoms with Gasteiger partial charge < -0.3 is 4.90 Å². The van der Waals surface area contributed by atoms with Crippen LogP contribution in [-0.2, 0) is 0 Å². The third kappa shape index (κ3) is 3.84. The Hall–Kier alpha value is -2.36. The average molecular weight is 377 g/mol. The number of rotatable bonds is 6. The van der Waals surface area contributed by atoms with Gasteiger partial charge in [0.2, 0.25) is 0 Å². The molecule has 1 N–H and O–H groups in total. The van der Waals surface area contributed by atoms with Gasteiger partial charge in [0, 0.05) is 6.07 Å². The van der Waals surface area contributed by atoms with Crippen LogP contribution in [0.5, 0.6) is 0 Å². The molecule has 0 saturated carbocycles. The Balaban J connectivity index is 1.95. The molecule has 7 nitrogen and oxygen atoms in total. The molecule has 0 atom stereocenters. The summed E-state index contributed by atoms with van der Waals surface area (Å²) in [7, 11) is 4.02. The number of thiazole rings is 1. The van der Waals surface area contributed by atoms with Gasteiger partial charge in [-0.15, -0.1) is 0 Å². The quantitative estimate of drug-likeness (QED) is 0.527. The van der Waals surface area contributed by atoms with Gasteiger partial charge in [0.15, 0.2) is 5.13 Å². The Morgan fingerprint density at radius 3 is 2.64 bits per heavy atom. The summed E-state index contributed by atoms with van der Waals surface area (Å²) in [5, 5.41) is 11.5. The van der Waals surface area contributed by atoms with Crippen molar-refractivity contribution in [3.63, 3.8) is 0 Å². The molecule has 0 aliphatic rings. The number of amides is 1. The number of nitrogens with one attached hydrogen (secondary N) is 1. The zero-order chi connectivity index (χ0) is 18.0. The van der Waals surface area contributed by atoms with E-state index in [0.29, 0.717) is 16.6 Å². The summed E-state index contributed by atoms with van der Waals surface area (Å²) in [4.78, 5) is 31.1. The lowest BCUT2D eigenvalue weighted by atomic mass is 10.3. The van der Waals surface area contributed by atoms with Crippen molar-refractivity contribution in [1.29, 1.82) is 0 Å². The van der Waals surface area contributed by atoms with E-state index >= 15 is 0 Å². The number of thiophene rings is 1. The molecule has 1 aromatic carbocycles. The number of nitro groups is 1. The van der Waals surface area contributed by atoms with E-state index in [1.807, 2.05) is 38.4 Å². The minimum atomic E-state index is -0.479. The number of quaternary nitrogens is 1. The van der Waals surface area contributed by atoms with Gasteiger partial charge in [-0.25, -0.2) is 4.98 Å². The van der Waals surface area contributed by atoms with Crippen LogP contribution >= 0.6 is 22.7 Å². The summed E-state index contributed by atoms with van der Waals surface area (Å²) in [5.41, 5.74) is 0.842. The van der Waals surface area contributed by atoms with E-state index in [-0.39, 0.29) is 10.9 Å². The highest BCUT2D eigenvalue weighted by atomic mass is 32.1. The maximum absolute atomic E-state index is 12.9. The van der Waals surface area contributed by atoms with Gasteiger partial charge >= 0.3 is 5.00 Å². The van der Waals surface area contributed by atoms with Crippen molar-refractivity contribution in [3.05, 3.63) is 51.4 Å². The van der Waals surface area contributed by atoms with Gasteiger partial charge in [0.05, 0.1) is 47.2 Å². The zero-order valence-corrected chi connectivity index (χ0v) is 15.4. The van der Waals surface area contributed by atoms with Crippen molar-refractivity contribution >= 4 is 48.9 Å². The number of hydrogen-bond donors (Lipinski definition) is 1. The molecule has 130 valence electrons. The summed E-state index contributed by atoms with van der Waals surface area (Å²) in [5.74, 6) is -0.251. The predicted molar refractivity (Wildman–Crippen MR) is 99.9 cm³/mol. The molecular weight excluding hydrogens is 360 g/mol. The molecule has 0 aliphatic heterocycles. The molecule has 0 fully saturated rings. The first-order chi connectivity index (χ1) is 12.0. The molecule has 3 rings (SSSR count). The smallest absolute Gasteiger partial charge is 0.324 e. The molecule has 0 radical (unpaired) electrons. The van der Waals surface area contributed by atoms with E-state index in [9.17, 15) is 14.9 Å². The molecule has 2 aromatic heterocycles. The topological polar surface area (TPSA) is 80.8 Å². The monoisotopic (exact) mass is 377 g/mol. The van der Waals surface area contributed by atoms with Gasteiger partial charge in [0.1, 0.15) is 0 Å². The Kier molecular flexibility index (Phi) is 5.07. The summed E-state index contributed by atoms with van der Waals surface area (Å²) >= 11 is 2.34. The Labute approximate surface area is 152 Å². The second kappa shape index (κ2) is 7.26. The molecule has 0 aliphatic carbocycles. The number of carbonyl (C=O) groups excluding carboxylic acids is 1. The largest absolute Gasteiger partial charge is 0.338 e. The molecular formula is C16H17N4O3S2+. The molecule has 9 heteroatoms. The maximum atomic E-state index is 12.9. The van der Waals surface area contributed by atoms with E-state index in [0.717, 1.165) is 28.1 Å². The van der Waals surface area contributed by atoms with E-state index < -0.39 is 4.92 Å². The number of carbonyl (C=O) groups is 1. The van der Waals surface area contributed by atoms with E-state index in [2.05, 4.69) is 4.98 Å². The van der Waals surface area contributed by atoms with Crippen molar-refractivity contribution in [3.8, 4) is 0 Å². The SMILES string of the molecule is C[NH+](C)CCN(C(=O)c1ccc([N+](=O)[O-])s1)c1nc2ccccc2s1. The van der Waals surface area contributed by atoms with Crippen LogP contribution in [0.2, 0.25) is 0 Å². The van der Waals surface area contributed by atoms with Crippen molar-refractivity contribution in [1.82, 2.24) is 4.98 Å². The Morgan fingerprint density at radius 2 is 2.00 bits per heavy atom. The molecule has 3 aromatic rings. The van der Waals surface area contributed by atoms with E-state index in [4.69, 9.17) is 0 Å². The summed E-state index contributed by atoms with van der Waals surface area (Å²) in [6.45, 7) is 1.24. The predicted octanol–water partition coefficient (Wildman–Crippen LogP) is 2.06. The number of anilines is 1. The maximum Gasteiger partial charge on any atom is 0.324 e. The number of benzene rings is 1. The number of hydrogen-bond acceptors (Lipinski definition) is 6. The number of fused-ring (bicyclic) bond motifs is 1. The standard InChI is InChI=1S/C16H16N4O3S2/c1-18(2)9-10-19(15(21)13-7-8-14(24-13)20(22)23)16-17-11-5-3-4-6-12(11)25-16/h3-8H,9-10H2,1-2H3/p+1. The third-order valence-electron chi connectivity index (χ3n) is 3.58. The third-order valence-corrected chi connectivity index (χ3v) is 5.66. The second-order valence-electron chi connectivity index (χ2n) is 5.77. The van der Waals surface area contributed by atoms with Gasteiger partial charge in [-0.2, -0.15) is 0 Å². The normalized spacial score (nSPS) is 11.2. The van der Waals surface area contributed by atoms with Crippen LogP contribution < -0.4 is 9.80 Å². The van der Waals surface area contributed by atoms with Crippen molar-refractivity contribution in [2.75, 3.05) is 32.1 Å². The number of likely N-dealkylation sites (N-methyl/N-ethyl adjacent to an activating group) is 1. The molecule has 25 heavy (non-hydrogen) atoms. The molecule has 0 unspecified atom stereocenters. The van der Waals surface area contributed by atoms with Crippen molar-refractivity contribution in [2.45, 2.75) is 0 Å². The molecule has 1 amide bonds. The van der Waals surface area contributed by atoms with Crippen LogP contribution in [0.15, 0.2) is 36.4 Å². The number of nitrogens with zero attached hydrogens (tertiary/aromatic N) is 3. The molecule has 0 saturated heterocycles. The van der Waals surface area contributed by atoms with Gasteiger partial charge in [-0.1, -0.05) is 34.8 Å². The lowest BCUT2D eigenvalue weighted by Gasteiger charge is -2.19. The van der Waals surface area contributed by atoms with Crippen LogP contribution in [0, 0.1) is 10.1 Å². The van der Waals surface area contributed by atoms with Crippen molar-refractivity contribution in [2.24, 2.45) is 0 Å². The lowest BCUT2D eigenvalue weighted by molar-refractivity contribution is -0.856. The van der Waals surface area contributed by atoms with Gasteiger partial charge in [0.25, 0.3) is 5.91 Å². The highest BCUT2D eigenvalue weighted by Gasteiger charge is 2.25. The van der Waals surface area contributed by atoms with Crippen LogP contribution in [-0.4, -0.2) is 43.0 Å². The molecule has 0 spiro atoms. The summed E-state index contributed by atoms with van der Waals surface area (Å²) < 4.78 is 1.00. The van der Waals surface area contributed by atoms with E-state index in [1.54, 1.807) is 4.90 Å². The summed E-state index contributed by atoms with van der Waals surface area (Å²) in [6.07, 6.45) is 0. The van der Waals surface area contributed by atoms with Gasteiger partial charge in [-0.3, -0.25) is 19.8 Å². The summed E-state index contributed by atoms with van der Waals surface area (Å²) in [6, 6.07) is 10.6. The van der Waals surface area contributed by atoms with Crippen LogP contribution in [0.3, 0.4) is 0 Å². The lowest BCUT2D eigenvalue weighted by Crippen LogP contribution is -3.06. The Morgan fingerprint density at radius 1 is 1.24 bits per heavy atom. The average Bonchev–Trinajstić information content (AvgIpc) is 3.21. The minimum Gasteiger partial charge on any atom is -0.338 e. The fourth-order valence-corrected chi connectivity index (χ4v) is 4.03. The number of para-hydroxylation sites is 1. The minimum absolute atomic E-state index is 0.0363. The van der Waals surface area contributed by atoms with Crippen LogP contribution in [0.4, 0.5) is 10.1 Å². The van der Waals surface area contributed by atoms with Crippen LogP contribution in [0.1, 0.15) is 9.67 Å². The molecule has 2 heterocycles. The fourth-order valence-electron chi connectivity index (χ4n) is 2.27.